The molecule has 4 rings (SSSR count). The van der Waals surface area contributed by atoms with E-state index in [9.17, 15) is 18.4 Å². The van der Waals surface area contributed by atoms with Gasteiger partial charge in [0.25, 0.3) is 5.91 Å². The molecule has 0 aliphatic carbocycles. The summed E-state index contributed by atoms with van der Waals surface area (Å²) in [6, 6.07) is 10.3. The number of para-hydroxylation sites is 1. The summed E-state index contributed by atoms with van der Waals surface area (Å²) in [6.07, 6.45) is 1.88. The Morgan fingerprint density at radius 1 is 1.00 bits per heavy atom. The zero-order valence-corrected chi connectivity index (χ0v) is 13.4. The molecule has 128 valence electrons. The van der Waals surface area contributed by atoms with Gasteiger partial charge < -0.3 is 4.90 Å². The molecule has 2 aliphatic heterocycles. The Bertz CT molecular complexity index is 868. The Labute approximate surface area is 143 Å². The van der Waals surface area contributed by atoms with E-state index in [2.05, 4.69) is 0 Å². The fourth-order valence-corrected chi connectivity index (χ4v) is 3.64. The van der Waals surface area contributed by atoms with Gasteiger partial charge in [-0.05, 0) is 36.6 Å². The van der Waals surface area contributed by atoms with Gasteiger partial charge in [-0.15, -0.1) is 0 Å². The molecule has 0 N–H and O–H groups in total. The first-order chi connectivity index (χ1) is 12.1. The maximum atomic E-state index is 13.5. The number of amides is 2. The average Bonchev–Trinajstić information content (AvgIpc) is 2.91. The quantitative estimate of drug-likeness (QED) is 0.788. The van der Waals surface area contributed by atoms with Gasteiger partial charge in [0.05, 0.1) is 12.1 Å². The van der Waals surface area contributed by atoms with Crippen LogP contribution in [0.1, 0.15) is 18.4 Å². The minimum Gasteiger partial charge on any atom is -0.359 e. The molecule has 6 heteroatoms. The number of halogens is 2. The van der Waals surface area contributed by atoms with Crippen LogP contribution in [0.15, 0.2) is 42.5 Å². The van der Waals surface area contributed by atoms with Crippen LogP contribution in [-0.4, -0.2) is 24.4 Å². The van der Waals surface area contributed by atoms with E-state index in [1.54, 1.807) is 0 Å². The molecule has 0 spiro atoms. The van der Waals surface area contributed by atoms with Crippen LogP contribution < -0.4 is 9.80 Å². The fourth-order valence-electron chi connectivity index (χ4n) is 3.64. The van der Waals surface area contributed by atoms with Gasteiger partial charge >= 0.3 is 0 Å². The molecular weight excluding hydrogens is 326 g/mol. The largest absolute Gasteiger partial charge is 0.359 e. The van der Waals surface area contributed by atoms with Crippen LogP contribution in [0.3, 0.4) is 0 Å². The molecular formula is C19H16F2N2O2. The summed E-state index contributed by atoms with van der Waals surface area (Å²) >= 11 is 0. The SMILES string of the molecule is O=C1C[C@H](N2CCCc3ccccc32)C(=O)N1c1ccc(F)c(F)c1. The molecule has 2 heterocycles. The van der Waals surface area contributed by atoms with Crippen molar-refractivity contribution in [1.82, 2.24) is 0 Å². The second kappa shape index (κ2) is 5.95. The molecule has 2 aromatic rings. The van der Waals surface area contributed by atoms with Gasteiger partial charge in [-0.2, -0.15) is 0 Å². The van der Waals surface area contributed by atoms with Gasteiger partial charge in [-0.25, -0.2) is 13.7 Å². The lowest BCUT2D eigenvalue weighted by molar-refractivity contribution is -0.121. The molecule has 0 unspecified atom stereocenters. The Kier molecular flexibility index (Phi) is 3.75. The van der Waals surface area contributed by atoms with E-state index in [0.29, 0.717) is 6.54 Å². The van der Waals surface area contributed by atoms with E-state index in [0.717, 1.165) is 41.1 Å². The first-order valence-corrected chi connectivity index (χ1v) is 8.22. The second-order valence-electron chi connectivity index (χ2n) is 6.31. The second-order valence-corrected chi connectivity index (χ2v) is 6.31. The number of nitrogens with zero attached hydrogens (tertiary/aromatic N) is 2. The van der Waals surface area contributed by atoms with Gasteiger partial charge in [-0.3, -0.25) is 9.59 Å². The molecule has 1 fully saturated rings. The van der Waals surface area contributed by atoms with E-state index in [-0.39, 0.29) is 12.1 Å². The molecule has 0 radical (unpaired) electrons. The molecule has 2 amide bonds. The first-order valence-electron chi connectivity index (χ1n) is 8.22. The number of fused-ring (bicyclic) bond motifs is 1. The van der Waals surface area contributed by atoms with Gasteiger partial charge in [-0.1, -0.05) is 18.2 Å². The van der Waals surface area contributed by atoms with E-state index in [1.165, 1.54) is 6.07 Å². The minimum absolute atomic E-state index is 0.0339. The predicted octanol–water partition coefficient (Wildman–Crippen LogP) is 3.05. The smallest absolute Gasteiger partial charge is 0.256 e. The van der Waals surface area contributed by atoms with E-state index in [4.69, 9.17) is 0 Å². The normalized spacial score (nSPS) is 20.2. The molecule has 0 bridgehead atoms. The molecule has 4 nitrogen and oxygen atoms in total. The third-order valence-electron chi connectivity index (χ3n) is 4.81. The van der Waals surface area contributed by atoms with Crippen molar-refractivity contribution in [2.24, 2.45) is 0 Å². The third kappa shape index (κ3) is 2.58. The van der Waals surface area contributed by atoms with Crippen molar-refractivity contribution >= 4 is 23.2 Å². The summed E-state index contributed by atoms with van der Waals surface area (Å²) in [5, 5.41) is 0. The van der Waals surface area contributed by atoms with Crippen LogP contribution in [0.25, 0.3) is 0 Å². The Morgan fingerprint density at radius 2 is 1.80 bits per heavy atom. The van der Waals surface area contributed by atoms with Crippen LogP contribution in [0.2, 0.25) is 0 Å². The Morgan fingerprint density at radius 3 is 2.60 bits per heavy atom. The molecule has 0 aromatic heterocycles. The number of rotatable bonds is 2. The molecule has 0 saturated carbocycles. The summed E-state index contributed by atoms with van der Waals surface area (Å²) in [4.78, 5) is 28.2. The molecule has 1 atom stereocenters. The summed E-state index contributed by atoms with van der Waals surface area (Å²) in [5.74, 6) is -2.88. The van der Waals surface area contributed by atoms with Crippen LogP contribution in [-0.2, 0) is 16.0 Å². The number of aryl methyl sites for hydroxylation is 1. The number of imide groups is 1. The third-order valence-corrected chi connectivity index (χ3v) is 4.81. The van der Waals surface area contributed by atoms with Gasteiger partial charge in [0.15, 0.2) is 11.6 Å². The lowest BCUT2D eigenvalue weighted by Gasteiger charge is -2.34. The van der Waals surface area contributed by atoms with Crippen molar-refractivity contribution in [1.29, 1.82) is 0 Å². The maximum absolute atomic E-state index is 13.5. The van der Waals surface area contributed by atoms with E-state index < -0.39 is 29.5 Å². The summed E-state index contributed by atoms with van der Waals surface area (Å²) in [7, 11) is 0. The summed E-state index contributed by atoms with van der Waals surface area (Å²) in [5.41, 5.74) is 2.19. The van der Waals surface area contributed by atoms with Gasteiger partial charge in [0, 0.05) is 18.3 Å². The maximum Gasteiger partial charge on any atom is 0.256 e. The highest BCUT2D eigenvalue weighted by Crippen LogP contribution is 2.33. The Balaban J connectivity index is 1.67. The van der Waals surface area contributed by atoms with Gasteiger partial charge in [0.1, 0.15) is 6.04 Å². The number of anilines is 2. The van der Waals surface area contributed by atoms with Crippen LogP contribution in [0.4, 0.5) is 20.2 Å². The van der Waals surface area contributed by atoms with E-state index >= 15 is 0 Å². The lowest BCUT2D eigenvalue weighted by atomic mass is 9.99. The average molecular weight is 342 g/mol. The van der Waals surface area contributed by atoms with Gasteiger partial charge in [0.2, 0.25) is 5.91 Å². The van der Waals surface area contributed by atoms with E-state index in [1.807, 2.05) is 29.2 Å². The number of hydrogen-bond donors (Lipinski definition) is 0. The highest BCUT2D eigenvalue weighted by Gasteiger charge is 2.43. The molecule has 2 aliphatic rings. The van der Waals surface area contributed by atoms with Crippen molar-refractivity contribution < 1.29 is 18.4 Å². The predicted molar refractivity (Wildman–Crippen MR) is 89.4 cm³/mol. The fraction of sp³-hybridized carbons (Fsp3) is 0.263. The summed E-state index contributed by atoms with van der Waals surface area (Å²) < 4.78 is 26.6. The van der Waals surface area contributed by atoms with Crippen LogP contribution >= 0.6 is 0 Å². The monoisotopic (exact) mass is 342 g/mol. The Hall–Kier alpha value is -2.76. The first kappa shape index (κ1) is 15.7. The molecule has 25 heavy (non-hydrogen) atoms. The zero-order chi connectivity index (χ0) is 17.6. The topological polar surface area (TPSA) is 40.6 Å². The molecule has 2 aromatic carbocycles. The number of benzene rings is 2. The standard InChI is InChI=1S/C19H16F2N2O2/c20-14-8-7-13(10-15(14)21)23-18(24)11-17(19(23)25)22-9-3-5-12-4-1-2-6-16(12)22/h1-2,4,6-8,10,17H,3,5,9,11H2/t17-/m0/s1. The van der Waals surface area contributed by atoms with Crippen molar-refractivity contribution in [3.63, 3.8) is 0 Å². The van der Waals surface area contributed by atoms with Crippen molar-refractivity contribution in [3.05, 3.63) is 59.7 Å². The van der Waals surface area contributed by atoms with Crippen molar-refractivity contribution in [2.75, 3.05) is 16.3 Å². The molecule has 1 saturated heterocycles. The highest BCUT2D eigenvalue weighted by molar-refractivity contribution is 6.23. The number of carbonyl (C=O) groups is 2. The van der Waals surface area contributed by atoms with Crippen molar-refractivity contribution in [3.8, 4) is 0 Å². The minimum atomic E-state index is -1.08. The number of hydrogen-bond acceptors (Lipinski definition) is 3. The van der Waals surface area contributed by atoms with Crippen molar-refractivity contribution in [2.45, 2.75) is 25.3 Å². The zero-order valence-electron chi connectivity index (χ0n) is 13.4. The number of carbonyl (C=O) groups excluding carboxylic acids is 2. The lowest BCUT2D eigenvalue weighted by Crippen LogP contribution is -2.44. The van der Waals surface area contributed by atoms with Crippen LogP contribution in [0, 0.1) is 11.6 Å². The van der Waals surface area contributed by atoms with Crippen LogP contribution in [0.5, 0.6) is 0 Å². The highest BCUT2D eigenvalue weighted by atomic mass is 19.2. The summed E-state index contributed by atoms with van der Waals surface area (Å²) in [6.45, 7) is 0.687.